The van der Waals surface area contributed by atoms with Gasteiger partial charge < -0.3 is 15.5 Å². The molecule has 1 atom stereocenters. The topological polar surface area (TPSA) is 130 Å². The van der Waals surface area contributed by atoms with Crippen LogP contribution < -0.4 is 5.32 Å². The predicted molar refractivity (Wildman–Crippen MR) is 63.5 cm³/mol. The van der Waals surface area contributed by atoms with E-state index in [9.17, 15) is 19.7 Å². The number of aliphatic carboxylic acids is 1. The third-order valence-corrected chi connectivity index (χ3v) is 2.36. The van der Waals surface area contributed by atoms with Crippen molar-refractivity contribution in [1.29, 1.82) is 0 Å². The van der Waals surface area contributed by atoms with Crippen LogP contribution in [0.3, 0.4) is 0 Å². The summed E-state index contributed by atoms with van der Waals surface area (Å²) < 4.78 is 0. The minimum absolute atomic E-state index is 0.173. The number of carboxylic acids is 1. The van der Waals surface area contributed by atoms with Gasteiger partial charge in [-0.2, -0.15) is 0 Å². The molecular weight excluding hydrogens is 256 g/mol. The van der Waals surface area contributed by atoms with Crippen LogP contribution in [-0.2, 0) is 16.0 Å². The standard InChI is InChI=1S/C11H12N2O6/c14-6-8(11(16)17)12-10(15)5-7-3-1-2-4-9(7)13(18)19/h1-4,8,14H,5-6H2,(H,12,15)(H,16,17). The van der Waals surface area contributed by atoms with E-state index in [0.717, 1.165) is 0 Å². The molecule has 0 bridgehead atoms. The molecule has 0 aliphatic rings. The predicted octanol–water partition coefficient (Wildman–Crippen LogP) is -0.301. The van der Waals surface area contributed by atoms with Crippen LogP contribution in [0.2, 0.25) is 0 Å². The summed E-state index contributed by atoms with van der Waals surface area (Å²) in [6.45, 7) is -0.752. The minimum atomic E-state index is -1.42. The molecule has 0 aliphatic carbocycles. The van der Waals surface area contributed by atoms with Crippen LogP contribution >= 0.6 is 0 Å². The molecule has 1 aromatic carbocycles. The Balaban J connectivity index is 2.77. The van der Waals surface area contributed by atoms with E-state index >= 15 is 0 Å². The molecular formula is C11H12N2O6. The highest BCUT2D eigenvalue weighted by Gasteiger charge is 2.21. The Labute approximate surface area is 107 Å². The van der Waals surface area contributed by atoms with E-state index in [0.29, 0.717) is 0 Å². The average molecular weight is 268 g/mol. The first-order valence-corrected chi connectivity index (χ1v) is 5.31. The van der Waals surface area contributed by atoms with Gasteiger partial charge in [0.15, 0.2) is 0 Å². The summed E-state index contributed by atoms with van der Waals surface area (Å²) in [7, 11) is 0. The number of carboxylic acid groups (broad SMARTS) is 1. The zero-order valence-electron chi connectivity index (χ0n) is 9.78. The van der Waals surface area contributed by atoms with E-state index in [1.807, 2.05) is 0 Å². The van der Waals surface area contributed by atoms with Gasteiger partial charge in [0.25, 0.3) is 5.69 Å². The molecule has 0 fully saturated rings. The molecule has 8 nitrogen and oxygen atoms in total. The molecule has 0 saturated heterocycles. The zero-order chi connectivity index (χ0) is 14.4. The van der Waals surface area contributed by atoms with Gasteiger partial charge in [-0.3, -0.25) is 14.9 Å². The highest BCUT2D eigenvalue weighted by molar-refractivity contribution is 5.85. The molecule has 19 heavy (non-hydrogen) atoms. The van der Waals surface area contributed by atoms with Gasteiger partial charge >= 0.3 is 5.97 Å². The van der Waals surface area contributed by atoms with Gasteiger partial charge in [-0.05, 0) is 0 Å². The van der Waals surface area contributed by atoms with Crippen LogP contribution in [0.15, 0.2) is 24.3 Å². The second kappa shape index (κ2) is 6.45. The Morgan fingerprint density at radius 3 is 2.53 bits per heavy atom. The third-order valence-electron chi connectivity index (χ3n) is 2.36. The van der Waals surface area contributed by atoms with Crippen LogP contribution in [0.1, 0.15) is 5.56 Å². The minimum Gasteiger partial charge on any atom is -0.480 e. The number of nitro benzene ring substituents is 1. The average Bonchev–Trinajstić information content (AvgIpc) is 2.35. The Kier molecular flexibility index (Phi) is 4.95. The molecule has 0 radical (unpaired) electrons. The lowest BCUT2D eigenvalue weighted by molar-refractivity contribution is -0.385. The molecule has 1 unspecified atom stereocenters. The summed E-state index contributed by atoms with van der Waals surface area (Å²) in [5.41, 5.74) is -0.0411. The SMILES string of the molecule is O=C(Cc1ccccc1[N+](=O)[O-])NC(CO)C(=O)O. The van der Waals surface area contributed by atoms with Crippen molar-refractivity contribution < 1.29 is 24.7 Å². The first-order chi connectivity index (χ1) is 8.95. The Bertz CT molecular complexity index is 502. The van der Waals surface area contributed by atoms with Crippen LogP contribution in [-0.4, -0.2) is 39.7 Å². The molecule has 0 heterocycles. The number of nitro groups is 1. The van der Waals surface area contributed by atoms with Gasteiger partial charge in [0, 0.05) is 11.6 Å². The largest absolute Gasteiger partial charge is 0.480 e. The fourth-order valence-corrected chi connectivity index (χ4v) is 1.44. The van der Waals surface area contributed by atoms with E-state index < -0.39 is 29.4 Å². The van der Waals surface area contributed by atoms with Crippen molar-refractivity contribution in [3.05, 3.63) is 39.9 Å². The number of rotatable bonds is 6. The number of para-hydroxylation sites is 1. The van der Waals surface area contributed by atoms with Crippen molar-refractivity contribution >= 4 is 17.6 Å². The number of amides is 1. The van der Waals surface area contributed by atoms with Gasteiger partial charge in [-0.25, -0.2) is 4.79 Å². The smallest absolute Gasteiger partial charge is 0.328 e. The van der Waals surface area contributed by atoms with Gasteiger partial charge in [0.1, 0.15) is 6.04 Å². The van der Waals surface area contributed by atoms with Gasteiger partial charge in [-0.1, -0.05) is 18.2 Å². The number of carbonyl (C=O) groups is 2. The zero-order valence-corrected chi connectivity index (χ0v) is 9.78. The van der Waals surface area contributed by atoms with Crippen LogP contribution in [0.25, 0.3) is 0 Å². The number of aliphatic hydroxyl groups excluding tert-OH is 1. The number of nitrogens with one attached hydrogen (secondary N) is 1. The fraction of sp³-hybridized carbons (Fsp3) is 0.273. The Morgan fingerprint density at radius 1 is 1.37 bits per heavy atom. The van der Waals surface area contributed by atoms with Crippen molar-refractivity contribution in [3.8, 4) is 0 Å². The third kappa shape index (κ3) is 4.03. The second-order valence-corrected chi connectivity index (χ2v) is 3.70. The maximum absolute atomic E-state index is 11.6. The van der Waals surface area contributed by atoms with E-state index in [2.05, 4.69) is 5.32 Å². The lowest BCUT2D eigenvalue weighted by Gasteiger charge is -2.11. The Morgan fingerprint density at radius 2 is 2.00 bits per heavy atom. The summed E-state index contributed by atoms with van der Waals surface area (Å²) in [6.07, 6.45) is -0.332. The number of hydrogen-bond acceptors (Lipinski definition) is 5. The molecule has 1 rings (SSSR count). The van der Waals surface area contributed by atoms with E-state index in [4.69, 9.17) is 10.2 Å². The molecule has 0 saturated carbocycles. The quantitative estimate of drug-likeness (QED) is 0.479. The summed E-state index contributed by atoms with van der Waals surface area (Å²) in [4.78, 5) is 32.3. The summed E-state index contributed by atoms with van der Waals surface area (Å²) >= 11 is 0. The number of nitrogens with zero attached hydrogens (tertiary/aromatic N) is 1. The number of hydrogen-bond donors (Lipinski definition) is 3. The van der Waals surface area contributed by atoms with Crippen molar-refractivity contribution in [1.82, 2.24) is 5.32 Å². The highest BCUT2D eigenvalue weighted by atomic mass is 16.6. The molecule has 8 heteroatoms. The summed E-state index contributed by atoms with van der Waals surface area (Å²) in [5, 5.41) is 30.2. The highest BCUT2D eigenvalue weighted by Crippen LogP contribution is 2.17. The van der Waals surface area contributed by atoms with Gasteiger partial charge in [0.2, 0.25) is 5.91 Å². The van der Waals surface area contributed by atoms with Crippen LogP contribution in [0.4, 0.5) is 5.69 Å². The number of carbonyl (C=O) groups excluding carboxylic acids is 1. The van der Waals surface area contributed by atoms with Crippen molar-refractivity contribution in [2.75, 3.05) is 6.61 Å². The number of benzene rings is 1. The molecule has 102 valence electrons. The van der Waals surface area contributed by atoms with Crippen LogP contribution in [0, 0.1) is 10.1 Å². The molecule has 1 amide bonds. The molecule has 3 N–H and O–H groups in total. The van der Waals surface area contributed by atoms with E-state index in [1.54, 1.807) is 0 Å². The van der Waals surface area contributed by atoms with Crippen molar-refractivity contribution in [2.45, 2.75) is 12.5 Å². The van der Waals surface area contributed by atoms with E-state index in [1.165, 1.54) is 24.3 Å². The Hall–Kier alpha value is -2.48. The lowest BCUT2D eigenvalue weighted by atomic mass is 10.1. The lowest BCUT2D eigenvalue weighted by Crippen LogP contribution is -2.44. The van der Waals surface area contributed by atoms with Crippen molar-refractivity contribution in [3.63, 3.8) is 0 Å². The number of aliphatic hydroxyl groups is 1. The van der Waals surface area contributed by atoms with Gasteiger partial charge in [0.05, 0.1) is 18.0 Å². The first kappa shape index (κ1) is 14.6. The van der Waals surface area contributed by atoms with Gasteiger partial charge in [-0.15, -0.1) is 0 Å². The van der Waals surface area contributed by atoms with Crippen LogP contribution in [0.5, 0.6) is 0 Å². The fourth-order valence-electron chi connectivity index (χ4n) is 1.44. The first-order valence-electron chi connectivity index (χ1n) is 5.31. The van der Waals surface area contributed by atoms with E-state index in [-0.39, 0.29) is 17.7 Å². The van der Waals surface area contributed by atoms with Crippen molar-refractivity contribution in [2.24, 2.45) is 0 Å². The summed E-state index contributed by atoms with van der Waals surface area (Å²) in [5.74, 6) is -2.09. The molecule has 0 spiro atoms. The normalized spacial score (nSPS) is 11.6. The second-order valence-electron chi connectivity index (χ2n) is 3.70. The molecule has 1 aromatic rings. The maximum Gasteiger partial charge on any atom is 0.328 e. The molecule has 0 aromatic heterocycles. The summed E-state index contributed by atoms with van der Waals surface area (Å²) in [6, 6.07) is 4.25. The molecule has 0 aliphatic heterocycles. The monoisotopic (exact) mass is 268 g/mol. The maximum atomic E-state index is 11.6.